The van der Waals surface area contributed by atoms with E-state index in [-0.39, 0.29) is 17.5 Å². The van der Waals surface area contributed by atoms with Gasteiger partial charge in [0.15, 0.2) is 6.61 Å². The lowest BCUT2D eigenvalue weighted by Gasteiger charge is -2.09. The van der Waals surface area contributed by atoms with Gasteiger partial charge in [0.05, 0.1) is 5.02 Å². The molecule has 0 aliphatic heterocycles. The fourth-order valence-electron chi connectivity index (χ4n) is 3.25. The van der Waals surface area contributed by atoms with Crippen molar-refractivity contribution in [2.45, 2.75) is 25.7 Å². The van der Waals surface area contributed by atoms with E-state index in [0.717, 1.165) is 42.4 Å². The van der Waals surface area contributed by atoms with Gasteiger partial charge in [-0.1, -0.05) is 11.6 Å². The lowest BCUT2D eigenvalue weighted by Crippen LogP contribution is -2.20. The third kappa shape index (κ3) is 3.40. The summed E-state index contributed by atoms with van der Waals surface area (Å²) in [5, 5.41) is 3.64. The molecule has 26 heavy (non-hydrogen) atoms. The maximum absolute atomic E-state index is 13.1. The number of hydrogen-bond donors (Lipinski definition) is 1. The Hall–Kier alpha value is -2.53. The standard InChI is InChI=1S/C20H17ClFNO3/c21-16-9-12(5-7-17(16)22)23-20(24)11-25-13-6-8-19-15(10-13)14-3-1-2-4-18(14)26-19/h5-10H,1-4,11H2,(H,23,24). The zero-order valence-electron chi connectivity index (χ0n) is 14.0. The number of hydrogen-bond acceptors (Lipinski definition) is 3. The summed E-state index contributed by atoms with van der Waals surface area (Å²) in [7, 11) is 0. The summed E-state index contributed by atoms with van der Waals surface area (Å²) in [5.41, 5.74) is 2.53. The molecule has 0 saturated heterocycles. The summed E-state index contributed by atoms with van der Waals surface area (Å²) in [6.07, 6.45) is 4.31. The Labute approximate surface area is 154 Å². The summed E-state index contributed by atoms with van der Waals surface area (Å²) in [6, 6.07) is 9.60. The molecule has 134 valence electrons. The highest BCUT2D eigenvalue weighted by atomic mass is 35.5. The lowest BCUT2D eigenvalue weighted by atomic mass is 9.96. The van der Waals surface area contributed by atoms with Crippen LogP contribution in [0.4, 0.5) is 10.1 Å². The largest absolute Gasteiger partial charge is 0.484 e. The molecule has 1 N–H and O–H groups in total. The average Bonchev–Trinajstić information content (AvgIpc) is 3.01. The molecular formula is C20H17ClFNO3. The maximum atomic E-state index is 13.1. The number of anilines is 1. The number of halogens is 2. The quantitative estimate of drug-likeness (QED) is 0.690. The first-order valence-electron chi connectivity index (χ1n) is 8.52. The minimum absolute atomic E-state index is 0.0427. The van der Waals surface area contributed by atoms with E-state index in [1.165, 1.54) is 23.8 Å². The fraction of sp³-hybridized carbons (Fsp3) is 0.250. The number of ether oxygens (including phenoxy) is 1. The van der Waals surface area contributed by atoms with Crippen LogP contribution in [-0.4, -0.2) is 12.5 Å². The predicted octanol–water partition coefficient (Wildman–Crippen LogP) is 5.12. The Morgan fingerprint density at radius 3 is 2.88 bits per heavy atom. The molecular weight excluding hydrogens is 357 g/mol. The molecule has 0 fully saturated rings. The molecule has 1 aliphatic carbocycles. The third-order valence-corrected chi connectivity index (χ3v) is 4.79. The Kier molecular flexibility index (Phi) is 4.55. The van der Waals surface area contributed by atoms with Gasteiger partial charge in [0.25, 0.3) is 5.91 Å². The summed E-state index contributed by atoms with van der Waals surface area (Å²) >= 11 is 5.71. The fourth-order valence-corrected chi connectivity index (χ4v) is 3.43. The van der Waals surface area contributed by atoms with Crippen molar-refractivity contribution in [3.8, 4) is 5.75 Å². The van der Waals surface area contributed by atoms with Crippen molar-refractivity contribution in [3.63, 3.8) is 0 Å². The molecule has 0 atom stereocenters. The van der Waals surface area contributed by atoms with E-state index in [0.29, 0.717) is 11.4 Å². The second-order valence-corrected chi connectivity index (χ2v) is 6.74. The molecule has 0 unspecified atom stereocenters. The minimum atomic E-state index is -0.530. The molecule has 0 spiro atoms. The van der Waals surface area contributed by atoms with Crippen LogP contribution < -0.4 is 10.1 Å². The number of amides is 1. The van der Waals surface area contributed by atoms with E-state index in [9.17, 15) is 9.18 Å². The molecule has 1 amide bonds. The van der Waals surface area contributed by atoms with Crippen molar-refractivity contribution in [2.24, 2.45) is 0 Å². The van der Waals surface area contributed by atoms with Crippen LogP contribution in [0.15, 0.2) is 40.8 Å². The highest BCUT2D eigenvalue weighted by Gasteiger charge is 2.18. The molecule has 0 radical (unpaired) electrons. The molecule has 4 nitrogen and oxygen atoms in total. The second-order valence-electron chi connectivity index (χ2n) is 6.33. The highest BCUT2D eigenvalue weighted by molar-refractivity contribution is 6.31. The van der Waals surface area contributed by atoms with Gasteiger partial charge in [0.1, 0.15) is 22.9 Å². The molecule has 1 aliphatic rings. The SMILES string of the molecule is O=C(COc1ccc2oc3c(c2c1)CCCC3)Nc1ccc(F)c(Cl)c1. The van der Waals surface area contributed by atoms with Gasteiger partial charge in [0.2, 0.25) is 0 Å². The van der Waals surface area contributed by atoms with E-state index in [1.54, 1.807) is 6.07 Å². The zero-order valence-corrected chi connectivity index (χ0v) is 14.7. The van der Waals surface area contributed by atoms with Crippen molar-refractivity contribution in [1.29, 1.82) is 0 Å². The number of aryl methyl sites for hydroxylation is 2. The van der Waals surface area contributed by atoms with E-state index >= 15 is 0 Å². The van der Waals surface area contributed by atoms with Crippen LogP contribution in [0.3, 0.4) is 0 Å². The summed E-state index contributed by atoms with van der Waals surface area (Å²) in [5.74, 6) is 0.799. The van der Waals surface area contributed by atoms with Crippen LogP contribution in [0.5, 0.6) is 5.75 Å². The third-order valence-electron chi connectivity index (χ3n) is 4.50. The Morgan fingerprint density at radius 1 is 1.19 bits per heavy atom. The number of benzene rings is 2. The molecule has 1 heterocycles. The zero-order chi connectivity index (χ0) is 18.1. The van der Waals surface area contributed by atoms with Gasteiger partial charge in [-0.2, -0.15) is 0 Å². The highest BCUT2D eigenvalue weighted by Crippen LogP contribution is 2.33. The van der Waals surface area contributed by atoms with Gasteiger partial charge in [-0.15, -0.1) is 0 Å². The van der Waals surface area contributed by atoms with Crippen molar-refractivity contribution in [3.05, 3.63) is 58.6 Å². The minimum Gasteiger partial charge on any atom is -0.484 e. The van der Waals surface area contributed by atoms with Gasteiger partial charge < -0.3 is 14.5 Å². The number of rotatable bonds is 4. The predicted molar refractivity (Wildman–Crippen MR) is 98.4 cm³/mol. The Morgan fingerprint density at radius 2 is 2.04 bits per heavy atom. The summed E-state index contributed by atoms with van der Waals surface area (Å²) in [4.78, 5) is 12.0. The normalized spacial score (nSPS) is 13.5. The average molecular weight is 374 g/mol. The topological polar surface area (TPSA) is 51.5 Å². The van der Waals surface area contributed by atoms with Gasteiger partial charge in [-0.05, 0) is 55.7 Å². The molecule has 1 aromatic heterocycles. The van der Waals surface area contributed by atoms with Crippen LogP contribution in [0.1, 0.15) is 24.2 Å². The van der Waals surface area contributed by atoms with Gasteiger partial charge >= 0.3 is 0 Å². The van der Waals surface area contributed by atoms with Crippen LogP contribution >= 0.6 is 11.6 Å². The number of furan rings is 1. The molecule has 4 rings (SSSR count). The van der Waals surface area contributed by atoms with Crippen molar-refractivity contribution >= 4 is 34.2 Å². The van der Waals surface area contributed by atoms with Crippen molar-refractivity contribution in [2.75, 3.05) is 11.9 Å². The summed E-state index contributed by atoms with van der Waals surface area (Å²) < 4.78 is 24.6. The lowest BCUT2D eigenvalue weighted by molar-refractivity contribution is -0.118. The molecule has 0 bridgehead atoms. The van der Waals surface area contributed by atoms with Gasteiger partial charge in [-0.25, -0.2) is 4.39 Å². The Bertz CT molecular complexity index is 983. The maximum Gasteiger partial charge on any atom is 0.262 e. The van der Waals surface area contributed by atoms with E-state index in [2.05, 4.69) is 5.32 Å². The monoisotopic (exact) mass is 373 g/mol. The van der Waals surface area contributed by atoms with Crippen LogP contribution in [0, 0.1) is 5.82 Å². The first kappa shape index (κ1) is 16.9. The number of carbonyl (C=O) groups excluding carboxylic acids is 1. The Balaban J connectivity index is 1.43. The molecule has 2 aromatic carbocycles. The first-order chi connectivity index (χ1) is 12.6. The van der Waals surface area contributed by atoms with Crippen LogP contribution in [0.25, 0.3) is 11.0 Å². The van der Waals surface area contributed by atoms with E-state index < -0.39 is 5.82 Å². The molecule has 3 aromatic rings. The second kappa shape index (κ2) is 7.00. The molecule has 0 saturated carbocycles. The smallest absolute Gasteiger partial charge is 0.262 e. The number of fused-ring (bicyclic) bond motifs is 3. The van der Waals surface area contributed by atoms with E-state index in [1.807, 2.05) is 12.1 Å². The summed E-state index contributed by atoms with van der Waals surface area (Å²) in [6.45, 7) is -0.152. The molecule has 6 heteroatoms. The number of carbonyl (C=O) groups is 1. The number of nitrogens with one attached hydrogen (secondary N) is 1. The van der Waals surface area contributed by atoms with Gasteiger partial charge in [0, 0.05) is 23.1 Å². The van der Waals surface area contributed by atoms with Crippen molar-refractivity contribution < 1.29 is 18.3 Å². The van der Waals surface area contributed by atoms with Crippen LogP contribution in [-0.2, 0) is 17.6 Å². The van der Waals surface area contributed by atoms with E-state index in [4.69, 9.17) is 20.8 Å². The van der Waals surface area contributed by atoms with Crippen LogP contribution in [0.2, 0.25) is 5.02 Å². The van der Waals surface area contributed by atoms with Gasteiger partial charge in [-0.3, -0.25) is 4.79 Å². The van der Waals surface area contributed by atoms with Crippen molar-refractivity contribution in [1.82, 2.24) is 0 Å². The first-order valence-corrected chi connectivity index (χ1v) is 8.90.